The van der Waals surface area contributed by atoms with E-state index in [4.69, 9.17) is 0 Å². The van der Waals surface area contributed by atoms with Crippen molar-refractivity contribution in [3.05, 3.63) is 77.2 Å². The Hall–Kier alpha value is -4.38. The number of nitrogens with one attached hydrogen (secondary N) is 2. The van der Waals surface area contributed by atoms with Gasteiger partial charge in [0.05, 0.1) is 24.6 Å². The van der Waals surface area contributed by atoms with Crippen LogP contribution < -0.4 is 15.5 Å². The van der Waals surface area contributed by atoms with Gasteiger partial charge in [-0.25, -0.2) is 13.8 Å². The summed E-state index contributed by atoms with van der Waals surface area (Å²) in [5.74, 6) is -1.42. The Kier molecular flexibility index (Phi) is 10.1. The van der Waals surface area contributed by atoms with E-state index in [-0.39, 0.29) is 24.7 Å². The van der Waals surface area contributed by atoms with Crippen molar-refractivity contribution in [2.75, 3.05) is 45.2 Å². The lowest BCUT2D eigenvalue weighted by atomic mass is 9.97. The van der Waals surface area contributed by atoms with Crippen molar-refractivity contribution >= 4 is 40.4 Å². The molecular formula is C37H44F2N6O3. The topological polar surface area (TPSA) is 97.9 Å². The molecule has 0 bridgehead atoms. The highest BCUT2D eigenvalue weighted by atomic mass is 19.1. The van der Waals surface area contributed by atoms with Gasteiger partial charge in [-0.1, -0.05) is 24.3 Å². The number of benzene rings is 2. The predicted molar refractivity (Wildman–Crippen MR) is 183 cm³/mol. The van der Waals surface area contributed by atoms with Crippen molar-refractivity contribution < 1.29 is 23.2 Å². The molecule has 3 aromatic rings. The second kappa shape index (κ2) is 14.4. The molecule has 0 radical (unpaired) electrons. The average Bonchev–Trinajstić information content (AvgIpc) is 3.83. The van der Waals surface area contributed by atoms with Crippen LogP contribution in [0.5, 0.6) is 0 Å². The van der Waals surface area contributed by atoms with Gasteiger partial charge in [0.15, 0.2) is 0 Å². The van der Waals surface area contributed by atoms with Gasteiger partial charge in [0, 0.05) is 36.6 Å². The monoisotopic (exact) mass is 658 g/mol. The van der Waals surface area contributed by atoms with Crippen molar-refractivity contribution in [2.45, 2.75) is 63.3 Å². The molecule has 3 atom stereocenters. The number of pyridine rings is 1. The summed E-state index contributed by atoms with van der Waals surface area (Å²) < 4.78 is 28.2. The Labute approximate surface area is 280 Å². The van der Waals surface area contributed by atoms with Crippen LogP contribution >= 0.6 is 0 Å². The lowest BCUT2D eigenvalue weighted by Gasteiger charge is -2.36. The van der Waals surface area contributed by atoms with Crippen molar-refractivity contribution in [3.8, 4) is 0 Å². The van der Waals surface area contributed by atoms with Gasteiger partial charge in [0.1, 0.15) is 23.7 Å². The third kappa shape index (κ3) is 7.84. The first-order valence-corrected chi connectivity index (χ1v) is 16.9. The molecule has 6 rings (SSSR count). The van der Waals surface area contributed by atoms with Gasteiger partial charge < -0.3 is 25.3 Å². The van der Waals surface area contributed by atoms with Gasteiger partial charge in [-0.05, 0) is 100 Å². The number of alkyl halides is 1. The molecule has 2 aromatic carbocycles. The Morgan fingerprint density at radius 3 is 2.54 bits per heavy atom. The predicted octanol–water partition coefficient (Wildman–Crippen LogP) is 4.87. The van der Waals surface area contributed by atoms with Gasteiger partial charge in [-0.15, -0.1) is 0 Å². The van der Waals surface area contributed by atoms with Crippen LogP contribution in [0, 0.1) is 11.7 Å². The summed E-state index contributed by atoms with van der Waals surface area (Å²) in [5, 5.41) is 6.11. The molecule has 3 aliphatic rings. The molecule has 1 aliphatic carbocycles. The van der Waals surface area contributed by atoms with E-state index in [0.29, 0.717) is 22.9 Å². The van der Waals surface area contributed by atoms with Crippen LogP contribution in [-0.2, 0) is 9.59 Å². The number of piperidine rings is 1. The number of allylic oxidation sites excluding steroid dienone is 1. The van der Waals surface area contributed by atoms with Crippen LogP contribution in [0.4, 0.5) is 14.5 Å². The normalized spacial score (nSPS) is 20.9. The maximum absolute atomic E-state index is 14.7. The first-order valence-electron chi connectivity index (χ1n) is 16.9. The Bertz CT molecular complexity index is 1700. The van der Waals surface area contributed by atoms with E-state index < -0.39 is 42.3 Å². The number of hydrogen-bond acceptors (Lipinski definition) is 6. The van der Waals surface area contributed by atoms with Crippen molar-refractivity contribution in [1.29, 1.82) is 0 Å². The molecule has 3 amide bonds. The third-order valence-electron chi connectivity index (χ3n) is 9.78. The van der Waals surface area contributed by atoms with Crippen LogP contribution in [0.25, 0.3) is 17.0 Å². The Balaban J connectivity index is 1.10. The van der Waals surface area contributed by atoms with E-state index in [1.807, 2.05) is 6.92 Å². The van der Waals surface area contributed by atoms with E-state index in [1.165, 1.54) is 42.0 Å². The molecule has 254 valence electrons. The molecule has 48 heavy (non-hydrogen) atoms. The minimum Gasteiger partial charge on any atom is -0.371 e. The fraction of sp³-hybridized carbons (Fsp3) is 0.459. The number of hydrogen-bond donors (Lipinski definition) is 2. The number of anilines is 1. The molecule has 2 aliphatic heterocycles. The molecule has 11 heteroatoms. The van der Waals surface area contributed by atoms with Crippen LogP contribution in [-0.4, -0.2) is 91.0 Å². The zero-order chi connectivity index (χ0) is 33.9. The summed E-state index contributed by atoms with van der Waals surface area (Å²) in [6.07, 6.45) is 7.50. The smallest absolute Gasteiger partial charge is 0.270 e. The summed E-state index contributed by atoms with van der Waals surface area (Å²) in [6, 6.07) is 12.6. The van der Waals surface area contributed by atoms with Crippen molar-refractivity contribution in [2.24, 2.45) is 5.92 Å². The van der Waals surface area contributed by atoms with Crippen LogP contribution in [0.3, 0.4) is 0 Å². The van der Waals surface area contributed by atoms with Gasteiger partial charge in [0.2, 0.25) is 11.8 Å². The molecule has 9 nitrogen and oxygen atoms in total. The van der Waals surface area contributed by atoms with Crippen LogP contribution in [0.1, 0.15) is 66.7 Å². The number of carbonyl (C=O) groups is 3. The molecule has 3 heterocycles. The number of carbonyl (C=O) groups excluding carboxylic acids is 3. The van der Waals surface area contributed by atoms with E-state index in [9.17, 15) is 23.2 Å². The maximum atomic E-state index is 14.7. The molecular weight excluding hydrogens is 614 g/mol. The summed E-state index contributed by atoms with van der Waals surface area (Å²) in [7, 11) is 4.27. The highest BCUT2D eigenvalue weighted by Gasteiger charge is 2.40. The lowest BCUT2D eigenvalue weighted by Crippen LogP contribution is -2.49. The Morgan fingerprint density at radius 1 is 1.04 bits per heavy atom. The van der Waals surface area contributed by atoms with E-state index in [0.717, 1.165) is 42.7 Å². The highest BCUT2D eigenvalue weighted by molar-refractivity contribution is 5.97. The van der Waals surface area contributed by atoms with Crippen molar-refractivity contribution in [1.82, 2.24) is 25.4 Å². The van der Waals surface area contributed by atoms with Gasteiger partial charge in [0.25, 0.3) is 5.91 Å². The summed E-state index contributed by atoms with van der Waals surface area (Å²) in [5.41, 5.74) is 3.65. The van der Waals surface area contributed by atoms with E-state index >= 15 is 0 Å². The summed E-state index contributed by atoms with van der Waals surface area (Å²) >= 11 is 0. The minimum absolute atomic E-state index is 0.0606. The van der Waals surface area contributed by atoms with E-state index in [1.54, 1.807) is 6.07 Å². The number of halogens is 2. The SMILES string of the molecule is C[C@H](NC(=O)[C@@H]1C[C@@H](F)CN1C(=O)CNC(=O)c1ccc2cc(F)ccc2n1)c1ccc(N2CCC(N(C)C)CC2)cc1/C=C/C1CC1. The first-order chi connectivity index (χ1) is 23.0. The molecule has 2 N–H and O–H groups in total. The third-order valence-corrected chi connectivity index (χ3v) is 9.78. The average molecular weight is 659 g/mol. The zero-order valence-corrected chi connectivity index (χ0v) is 27.8. The molecule has 2 saturated heterocycles. The zero-order valence-electron chi connectivity index (χ0n) is 27.8. The lowest BCUT2D eigenvalue weighted by molar-refractivity contribution is -0.138. The second-order valence-electron chi connectivity index (χ2n) is 13.5. The fourth-order valence-corrected chi connectivity index (χ4v) is 6.73. The van der Waals surface area contributed by atoms with Crippen LogP contribution in [0.15, 0.2) is 54.6 Å². The standard InChI is InChI=1S/C37H44F2N6O3/c1-23(31-11-10-30(19-25(31)7-6-24-4-5-24)44-16-14-29(15-17-44)43(2)3)41-37(48)34-20-28(39)22-45(34)35(46)21-40-36(47)33-12-8-26-18-27(38)9-13-32(26)42-33/h6-13,18-19,23-24,28-29,34H,4-5,14-17,20-22H2,1-3H3,(H,40,47)(H,41,48)/b7-6+/t23-,28+,34-/m0/s1. The second-order valence-corrected chi connectivity index (χ2v) is 13.5. The fourth-order valence-electron chi connectivity index (χ4n) is 6.73. The van der Waals surface area contributed by atoms with Crippen molar-refractivity contribution in [3.63, 3.8) is 0 Å². The molecule has 1 saturated carbocycles. The number of likely N-dealkylation sites (tertiary alicyclic amines) is 1. The molecule has 1 aromatic heterocycles. The van der Waals surface area contributed by atoms with E-state index in [2.05, 4.69) is 69.9 Å². The number of amides is 3. The molecule has 0 unspecified atom stereocenters. The molecule has 0 spiro atoms. The number of rotatable bonds is 10. The van der Waals surface area contributed by atoms with Gasteiger partial charge in [-0.3, -0.25) is 14.4 Å². The maximum Gasteiger partial charge on any atom is 0.270 e. The first kappa shape index (κ1) is 33.5. The summed E-state index contributed by atoms with van der Waals surface area (Å²) in [4.78, 5) is 49.7. The van der Waals surface area contributed by atoms with Gasteiger partial charge >= 0.3 is 0 Å². The van der Waals surface area contributed by atoms with Crippen LogP contribution in [0.2, 0.25) is 0 Å². The number of fused-ring (bicyclic) bond motifs is 1. The Morgan fingerprint density at radius 2 is 1.81 bits per heavy atom. The molecule has 3 fully saturated rings. The quantitative estimate of drug-likeness (QED) is 0.323. The summed E-state index contributed by atoms with van der Waals surface area (Å²) in [6.45, 7) is 3.23. The largest absolute Gasteiger partial charge is 0.371 e. The number of aromatic nitrogens is 1. The minimum atomic E-state index is -1.36. The highest BCUT2D eigenvalue weighted by Crippen LogP contribution is 2.33. The van der Waals surface area contributed by atoms with Gasteiger partial charge in [-0.2, -0.15) is 0 Å². The number of nitrogens with zero attached hydrogens (tertiary/aromatic N) is 4.